The van der Waals surface area contributed by atoms with Gasteiger partial charge in [-0.15, -0.1) is 0 Å². The van der Waals surface area contributed by atoms with Crippen LogP contribution in [0.1, 0.15) is 31.2 Å². The molecule has 0 heterocycles. The van der Waals surface area contributed by atoms with Crippen molar-refractivity contribution < 1.29 is 4.79 Å². The van der Waals surface area contributed by atoms with E-state index >= 15 is 0 Å². The van der Waals surface area contributed by atoms with Crippen molar-refractivity contribution in [3.8, 4) is 0 Å². The normalized spacial score (nSPS) is 17.9. The largest absolute Gasteiger partial charge is 0.352 e. The second kappa shape index (κ2) is 5.82. The van der Waals surface area contributed by atoms with E-state index in [0.717, 1.165) is 18.4 Å². The molecule has 17 heavy (non-hydrogen) atoms. The van der Waals surface area contributed by atoms with E-state index < -0.39 is 6.04 Å². The quantitative estimate of drug-likeness (QED) is 0.828. The molecule has 1 amide bonds. The van der Waals surface area contributed by atoms with Crippen molar-refractivity contribution in [2.24, 2.45) is 5.73 Å². The lowest BCUT2D eigenvalue weighted by molar-refractivity contribution is -0.123. The smallest absolute Gasteiger partial charge is 0.237 e. The topological polar surface area (TPSA) is 55.1 Å². The maximum absolute atomic E-state index is 11.9. The summed E-state index contributed by atoms with van der Waals surface area (Å²) >= 11 is 0. The molecule has 1 saturated carbocycles. The Morgan fingerprint density at radius 1 is 1.29 bits per heavy atom. The molecule has 92 valence electrons. The van der Waals surface area contributed by atoms with Crippen molar-refractivity contribution in [1.82, 2.24) is 5.32 Å². The highest BCUT2D eigenvalue weighted by molar-refractivity contribution is 5.82. The number of carbonyl (C=O) groups excluding carboxylic acids is 1. The van der Waals surface area contributed by atoms with Gasteiger partial charge in [-0.25, -0.2) is 0 Å². The number of hydrogen-bond acceptors (Lipinski definition) is 2. The van der Waals surface area contributed by atoms with E-state index in [4.69, 9.17) is 5.73 Å². The molecule has 1 atom stereocenters. The minimum Gasteiger partial charge on any atom is -0.352 e. The van der Waals surface area contributed by atoms with Gasteiger partial charge in [0, 0.05) is 6.04 Å². The van der Waals surface area contributed by atoms with Gasteiger partial charge in [-0.05, 0) is 24.8 Å². The number of nitrogens with one attached hydrogen (secondary N) is 1. The summed E-state index contributed by atoms with van der Waals surface area (Å²) in [5.41, 5.74) is 7.03. The summed E-state index contributed by atoms with van der Waals surface area (Å²) in [4.78, 5) is 11.9. The van der Waals surface area contributed by atoms with Crippen LogP contribution in [-0.4, -0.2) is 18.0 Å². The Bertz CT molecular complexity index is 358. The number of benzene rings is 1. The van der Waals surface area contributed by atoms with E-state index in [0.29, 0.717) is 12.5 Å². The third-order valence-electron chi connectivity index (χ3n) is 3.34. The van der Waals surface area contributed by atoms with Gasteiger partial charge in [0.15, 0.2) is 0 Å². The van der Waals surface area contributed by atoms with Gasteiger partial charge in [-0.1, -0.05) is 43.2 Å². The van der Waals surface area contributed by atoms with Gasteiger partial charge in [0.2, 0.25) is 5.91 Å². The molecule has 3 nitrogen and oxygen atoms in total. The lowest BCUT2D eigenvalue weighted by atomic mass is 10.1. The van der Waals surface area contributed by atoms with Gasteiger partial charge in [0.1, 0.15) is 0 Å². The Balaban J connectivity index is 1.82. The Kier molecular flexibility index (Phi) is 4.15. The molecule has 3 heteroatoms. The van der Waals surface area contributed by atoms with Crippen LogP contribution in [0.25, 0.3) is 0 Å². The standard InChI is InChI=1S/C14H20N2O/c15-13(10-11-6-2-1-3-7-11)14(17)16-12-8-4-5-9-12/h1-3,6-7,12-13H,4-5,8-10,15H2,(H,16,17). The number of hydrogen-bond donors (Lipinski definition) is 2. The van der Waals surface area contributed by atoms with E-state index in [1.165, 1.54) is 12.8 Å². The summed E-state index contributed by atoms with van der Waals surface area (Å²) in [5, 5.41) is 3.03. The van der Waals surface area contributed by atoms with Crippen molar-refractivity contribution in [1.29, 1.82) is 0 Å². The van der Waals surface area contributed by atoms with Crippen molar-refractivity contribution in [2.45, 2.75) is 44.2 Å². The van der Waals surface area contributed by atoms with Crippen LogP contribution in [0.3, 0.4) is 0 Å². The molecule has 1 unspecified atom stereocenters. The summed E-state index contributed by atoms with van der Waals surface area (Å²) in [5.74, 6) is -0.0132. The maximum Gasteiger partial charge on any atom is 0.237 e. The SMILES string of the molecule is NC(Cc1ccccc1)C(=O)NC1CCCC1. The first-order valence-corrected chi connectivity index (χ1v) is 6.35. The first kappa shape index (κ1) is 12.1. The van der Waals surface area contributed by atoms with E-state index in [-0.39, 0.29) is 5.91 Å². The molecule has 1 aromatic carbocycles. The van der Waals surface area contributed by atoms with Crippen LogP contribution in [0.2, 0.25) is 0 Å². The number of amides is 1. The maximum atomic E-state index is 11.9. The molecular formula is C14H20N2O. The van der Waals surface area contributed by atoms with Crippen LogP contribution in [0, 0.1) is 0 Å². The van der Waals surface area contributed by atoms with E-state index in [1.54, 1.807) is 0 Å². The van der Waals surface area contributed by atoms with Gasteiger partial charge in [-0.2, -0.15) is 0 Å². The highest BCUT2D eigenvalue weighted by atomic mass is 16.2. The second-order valence-electron chi connectivity index (χ2n) is 4.79. The molecule has 1 aliphatic rings. The zero-order valence-corrected chi connectivity index (χ0v) is 10.1. The molecule has 0 bridgehead atoms. The minimum absolute atomic E-state index is 0.0132. The summed E-state index contributed by atoms with van der Waals surface area (Å²) in [6.07, 6.45) is 5.25. The molecule has 1 fully saturated rings. The number of carbonyl (C=O) groups is 1. The van der Waals surface area contributed by atoms with Crippen LogP contribution in [-0.2, 0) is 11.2 Å². The lowest BCUT2D eigenvalue weighted by Crippen LogP contribution is -2.45. The predicted molar refractivity (Wildman–Crippen MR) is 68.5 cm³/mol. The predicted octanol–water partition coefficient (Wildman–Crippen LogP) is 1.62. The molecule has 1 aliphatic carbocycles. The van der Waals surface area contributed by atoms with Crippen molar-refractivity contribution in [3.63, 3.8) is 0 Å². The number of rotatable bonds is 4. The number of nitrogens with two attached hydrogens (primary N) is 1. The summed E-state index contributed by atoms with van der Waals surface area (Å²) in [6, 6.07) is 9.83. The summed E-state index contributed by atoms with van der Waals surface area (Å²) in [7, 11) is 0. The fourth-order valence-electron chi connectivity index (χ4n) is 2.34. The van der Waals surface area contributed by atoms with Crippen molar-refractivity contribution in [2.75, 3.05) is 0 Å². The average Bonchev–Trinajstić information content (AvgIpc) is 2.83. The van der Waals surface area contributed by atoms with Crippen LogP contribution >= 0.6 is 0 Å². The minimum atomic E-state index is -0.432. The molecule has 0 radical (unpaired) electrons. The first-order valence-electron chi connectivity index (χ1n) is 6.35. The first-order chi connectivity index (χ1) is 8.25. The molecule has 0 aliphatic heterocycles. The molecule has 0 aromatic heterocycles. The lowest BCUT2D eigenvalue weighted by Gasteiger charge is -2.16. The zero-order chi connectivity index (χ0) is 12.1. The fourth-order valence-corrected chi connectivity index (χ4v) is 2.34. The molecule has 0 spiro atoms. The van der Waals surface area contributed by atoms with Gasteiger partial charge in [-0.3, -0.25) is 4.79 Å². The zero-order valence-electron chi connectivity index (χ0n) is 10.1. The molecule has 0 saturated heterocycles. The van der Waals surface area contributed by atoms with Gasteiger partial charge < -0.3 is 11.1 Å². The Morgan fingerprint density at radius 2 is 1.94 bits per heavy atom. The highest BCUT2D eigenvalue weighted by Crippen LogP contribution is 2.17. The monoisotopic (exact) mass is 232 g/mol. The third-order valence-corrected chi connectivity index (χ3v) is 3.34. The highest BCUT2D eigenvalue weighted by Gasteiger charge is 2.20. The molecule has 3 N–H and O–H groups in total. The Morgan fingerprint density at radius 3 is 2.59 bits per heavy atom. The van der Waals surface area contributed by atoms with Crippen molar-refractivity contribution >= 4 is 5.91 Å². The molecule has 1 aromatic rings. The average molecular weight is 232 g/mol. The third kappa shape index (κ3) is 3.56. The Labute approximate surface area is 102 Å². The second-order valence-corrected chi connectivity index (χ2v) is 4.79. The van der Waals surface area contributed by atoms with E-state index in [9.17, 15) is 4.79 Å². The van der Waals surface area contributed by atoms with Crippen LogP contribution in [0.4, 0.5) is 0 Å². The van der Waals surface area contributed by atoms with Gasteiger partial charge in [0.05, 0.1) is 6.04 Å². The molecule has 2 rings (SSSR count). The Hall–Kier alpha value is -1.35. The van der Waals surface area contributed by atoms with Crippen LogP contribution in [0.5, 0.6) is 0 Å². The van der Waals surface area contributed by atoms with E-state index in [2.05, 4.69) is 5.32 Å². The summed E-state index contributed by atoms with van der Waals surface area (Å²) in [6.45, 7) is 0. The van der Waals surface area contributed by atoms with Crippen LogP contribution in [0.15, 0.2) is 30.3 Å². The molecular weight excluding hydrogens is 212 g/mol. The van der Waals surface area contributed by atoms with E-state index in [1.807, 2.05) is 30.3 Å². The van der Waals surface area contributed by atoms with Gasteiger partial charge in [0.25, 0.3) is 0 Å². The van der Waals surface area contributed by atoms with Crippen LogP contribution < -0.4 is 11.1 Å². The summed E-state index contributed by atoms with van der Waals surface area (Å²) < 4.78 is 0. The fraction of sp³-hybridized carbons (Fsp3) is 0.500. The van der Waals surface area contributed by atoms with Gasteiger partial charge >= 0.3 is 0 Å². The van der Waals surface area contributed by atoms with Crippen molar-refractivity contribution in [3.05, 3.63) is 35.9 Å².